The van der Waals surface area contributed by atoms with Gasteiger partial charge in [-0.05, 0) is 0 Å². The van der Waals surface area contributed by atoms with Crippen molar-refractivity contribution in [3.63, 3.8) is 0 Å². The molecule has 0 amide bonds. The first-order valence-electron chi connectivity index (χ1n) is 9.84. The van der Waals surface area contributed by atoms with Crippen molar-refractivity contribution >= 4 is 17.6 Å². The summed E-state index contributed by atoms with van der Waals surface area (Å²) >= 11 is -1.88. The zero-order valence-corrected chi connectivity index (χ0v) is 22.7. The Morgan fingerprint density at radius 3 is 2.50 bits per heavy atom. The number of hydrogen-bond donors (Lipinski definition) is 0. The molecule has 5 heteroatoms. The van der Waals surface area contributed by atoms with Gasteiger partial charge in [-0.2, -0.15) is 0 Å². The molecule has 0 aliphatic heterocycles. The molecule has 0 N–H and O–H groups in total. The SMILES string of the molecule is C[C](C)=[Zr+2]([C]1=C(CCCO[Si](C)(C)C)C=CC1)[CH]1C=Cc2ccccc21.[Cl-].[Cl-]. The summed E-state index contributed by atoms with van der Waals surface area (Å²) in [5.41, 5.74) is 4.65. The second kappa shape index (κ2) is 11.4. The largest absolute Gasteiger partial charge is 1.00 e. The molecular formula is C23H32Cl2OSiZr. The third-order valence-corrected chi connectivity index (χ3v) is 14.5. The minimum absolute atomic E-state index is 0. The predicted molar refractivity (Wildman–Crippen MR) is 114 cm³/mol. The predicted octanol–water partition coefficient (Wildman–Crippen LogP) is 0.439. The number of fused-ring (bicyclic) bond motifs is 1. The summed E-state index contributed by atoms with van der Waals surface area (Å²) in [6.45, 7) is 12.5. The molecule has 0 spiro atoms. The summed E-state index contributed by atoms with van der Waals surface area (Å²) in [6.07, 6.45) is 13.2. The molecule has 1 aromatic carbocycles. The molecule has 28 heavy (non-hydrogen) atoms. The van der Waals surface area contributed by atoms with Crippen LogP contribution in [-0.2, 0) is 25.7 Å². The summed E-state index contributed by atoms with van der Waals surface area (Å²) in [5, 5.41) is 0. The molecule has 0 bridgehead atoms. The fourth-order valence-corrected chi connectivity index (χ4v) is 13.0. The molecule has 152 valence electrons. The van der Waals surface area contributed by atoms with Crippen LogP contribution in [0.25, 0.3) is 6.08 Å². The minimum Gasteiger partial charge on any atom is -1.00 e. The molecule has 2 aliphatic rings. The van der Waals surface area contributed by atoms with Crippen LogP contribution in [0.2, 0.25) is 19.6 Å². The first-order chi connectivity index (χ1) is 12.4. The van der Waals surface area contributed by atoms with E-state index < -0.39 is 29.6 Å². The van der Waals surface area contributed by atoms with Crippen LogP contribution in [0.3, 0.4) is 0 Å². The van der Waals surface area contributed by atoms with E-state index in [0.29, 0.717) is 3.63 Å². The van der Waals surface area contributed by atoms with Crippen molar-refractivity contribution in [2.45, 2.75) is 56.4 Å². The van der Waals surface area contributed by atoms with Crippen molar-refractivity contribution in [3.05, 3.63) is 62.5 Å². The molecule has 0 fully saturated rings. The third-order valence-electron chi connectivity index (χ3n) is 5.13. The first kappa shape index (κ1) is 26.0. The zero-order chi connectivity index (χ0) is 18.7. The van der Waals surface area contributed by atoms with E-state index in [-0.39, 0.29) is 24.8 Å². The molecule has 0 heterocycles. The van der Waals surface area contributed by atoms with Crippen LogP contribution in [0.1, 0.15) is 47.9 Å². The van der Waals surface area contributed by atoms with Crippen LogP contribution in [0, 0.1) is 0 Å². The van der Waals surface area contributed by atoms with Crippen LogP contribution >= 0.6 is 0 Å². The van der Waals surface area contributed by atoms with Gasteiger partial charge in [0.1, 0.15) is 0 Å². The number of benzene rings is 1. The van der Waals surface area contributed by atoms with Crippen LogP contribution in [0.4, 0.5) is 0 Å². The molecule has 0 radical (unpaired) electrons. The van der Waals surface area contributed by atoms with Gasteiger partial charge < -0.3 is 24.8 Å². The number of rotatable bonds is 7. The molecule has 1 nitrogen and oxygen atoms in total. The van der Waals surface area contributed by atoms with E-state index >= 15 is 0 Å². The Kier molecular flexibility index (Phi) is 10.6. The van der Waals surface area contributed by atoms with E-state index in [1.165, 1.54) is 18.4 Å². The van der Waals surface area contributed by atoms with Gasteiger partial charge in [0.05, 0.1) is 0 Å². The second-order valence-electron chi connectivity index (χ2n) is 8.55. The van der Waals surface area contributed by atoms with Crippen LogP contribution in [0.5, 0.6) is 0 Å². The Morgan fingerprint density at radius 1 is 1.11 bits per heavy atom. The van der Waals surface area contributed by atoms with E-state index in [0.717, 1.165) is 13.0 Å². The van der Waals surface area contributed by atoms with Crippen molar-refractivity contribution in [1.82, 2.24) is 0 Å². The Labute approximate surface area is 192 Å². The molecule has 0 saturated heterocycles. The topological polar surface area (TPSA) is 9.23 Å². The smallest absolute Gasteiger partial charge is 1.00 e. The van der Waals surface area contributed by atoms with E-state index in [1.807, 2.05) is 3.28 Å². The number of allylic oxidation sites excluding steroid dienone is 5. The monoisotopic (exact) mass is 512 g/mol. The Morgan fingerprint density at radius 2 is 1.82 bits per heavy atom. The fraction of sp³-hybridized carbons (Fsp3) is 0.435. The van der Waals surface area contributed by atoms with Gasteiger partial charge in [0.25, 0.3) is 0 Å². The average Bonchev–Trinajstić information content (AvgIpc) is 3.19. The Balaban J connectivity index is 0.00000196. The van der Waals surface area contributed by atoms with Gasteiger partial charge in [0, 0.05) is 0 Å². The summed E-state index contributed by atoms with van der Waals surface area (Å²) < 4.78 is 10.3. The van der Waals surface area contributed by atoms with Crippen molar-refractivity contribution in [3.8, 4) is 0 Å². The normalized spacial score (nSPS) is 16.9. The molecule has 3 rings (SSSR count). The van der Waals surface area contributed by atoms with Gasteiger partial charge in [-0.25, -0.2) is 0 Å². The maximum Gasteiger partial charge on any atom is -1.00 e. The zero-order valence-electron chi connectivity index (χ0n) is 17.7. The van der Waals surface area contributed by atoms with Gasteiger partial charge in [0.15, 0.2) is 0 Å². The second-order valence-corrected chi connectivity index (χ2v) is 20.6. The summed E-state index contributed by atoms with van der Waals surface area (Å²) in [7, 11) is -1.39. The van der Waals surface area contributed by atoms with Crippen molar-refractivity contribution in [2.24, 2.45) is 0 Å². The maximum atomic E-state index is 6.07. The van der Waals surface area contributed by atoms with E-state index in [9.17, 15) is 0 Å². The summed E-state index contributed by atoms with van der Waals surface area (Å²) in [4.78, 5) is 0. The number of halogens is 2. The van der Waals surface area contributed by atoms with Gasteiger partial charge in [-0.3, -0.25) is 0 Å². The van der Waals surface area contributed by atoms with E-state index in [2.05, 4.69) is 82.1 Å². The summed E-state index contributed by atoms with van der Waals surface area (Å²) in [5.74, 6) is 0. The third kappa shape index (κ3) is 6.47. The van der Waals surface area contributed by atoms with Crippen molar-refractivity contribution in [2.75, 3.05) is 6.61 Å². The van der Waals surface area contributed by atoms with Crippen molar-refractivity contribution < 1.29 is 50.5 Å². The summed E-state index contributed by atoms with van der Waals surface area (Å²) in [6, 6.07) is 9.00. The van der Waals surface area contributed by atoms with Crippen LogP contribution in [-0.4, -0.2) is 18.1 Å². The average molecular weight is 515 g/mol. The molecule has 1 unspecified atom stereocenters. The minimum atomic E-state index is -1.88. The van der Waals surface area contributed by atoms with Gasteiger partial charge >= 0.3 is 169 Å². The molecular weight excluding hydrogens is 482 g/mol. The molecule has 1 aromatic rings. The van der Waals surface area contributed by atoms with E-state index in [1.54, 1.807) is 14.3 Å². The van der Waals surface area contributed by atoms with Gasteiger partial charge in [-0.15, -0.1) is 0 Å². The van der Waals surface area contributed by atoms with E-state index in [4.69, 9.17) is 4.43 Å². The molecule has 0 aromatic heterocycles. The number of hydrogen-bond acceptors (Lipinski definition) is 1. The van der Waals surface area contributed by atoms with Crippen LogP contribution in [0.15, 0.2) is 51.3 Å². The molecule has 2 aliphatic carbocycles. The van der Waals surface area contributed by atoms with Crippen LogP contribution < -0.4 is 24.8 Å². The Bertz CT molecular complexity index is 799. The fourth-order valence-electron chi connectivity index (χ4n) is 4.01. The first-order valence-corrected chi connectivity index (χ1v) is 17.1. The standard InChI is InChI=1S/C11H19OSi.C9H7.C3H6.2ClH.Zr/c1-13(2,3)12-10-6-9-11-7-4-5-8-11;1-2-5-9-7-3-6-8(9)4-1;1-3-2;;;/h4,7H,5-6,9-10H2,1-3H3;1-7H;1-2H3;2*1H;/q;;;;;+2/p-2. The quantitative estimate of drug-likeness (QED) is 0.379. The van der Waals surface area contributed by atoms with Gasteiger partial charge in [0.2, 0.25) is 0 Å². The maximum absolute atomic E-state index is 6.07. The van der Waals surface area contributed by atoms with Gasteiger partial charge in [-0.1, -0.05) is 0 Å². The van der Waals surface area contributed by atoms with Crippen molar-refractivity contribution in [1.29, 1.82) is 0 Å². The molecule has 0 saturated carbocycles. The Hall–Kier alpha value is -0.0500. The molecule has 1 atom stereocenters.